The zero-order valence-electron chi connectivity index (χ0n) is 16.2. The highest BCUT2D eigenvalue weighted by Gasteiger charge is 2.41. The van der Waals surface area contributed by atoms with Crippen molar-refractivity contribution in [1.29, 1.82) is 0 Å². The van der Waals surface area contributed by atoms with Crippen LogP contribution in [0.1, 0.15) is 19.4 Å². The van der Waals surface area contributed by atoms with E-state index in [1.807, 2.05) is 36.1 Å². The second-order valence-electron chi connectivity index (χ2n) is 6.54. The van der Waals surface area contributed by atoms with Crippen molar-refractivity contribution in [3.8, 4) is 5.75 Å². The van der Waals surface area contributed by atoms with Crippen LogP contribution in [0.5, 0.6) is 5.75 Å². The lowest BCUT2D eigenvalue weighted by Crippen LogP contribution is -2.56. The number of hydrogen-bond donors (Lipinski definition) is 1. The van der Waals surface area contributed by atoms with Gasteiger partial charge in [0.2, 0.25) is 0 Å². The third-order valence-electron chi connectivity index (χ3n) is 4.81. The highest BCUT2D eigenvalue weighted by Crippen LogP contribution is 2.25. The molecule has 27 heavy (non-hydrogen) atoms. The van der Waals surface area contributed by atoms with Gasteiger partial charge in [-0.15, -0.1) is 0 Å². The molecule has 0 amide bonds. The first-order valence-corrected chi connectivity index (χ1v) is 9.32. The van der Waals surface area contributed by atoms with E-state index in [0.717, 1.165) is 23.7 Å². The van der Waals surface area contributed by atoms with Crippen molar-refractivity contribution >= 4 is 5.96 Å². The van der Waals surface area contributed by atoms with Gasteiger partial charge >= 0.3 is 6.18 Å². The molecule has 1 aromatic carbocycles. The maximum absolute atomic E-state index is 12.9. The van der Waals surface area contributed by atoms with E-state index in [2.05, 4.69) is 10.3 Å². The average molecular weight is 386 g/mol. The maximum Gasteiger partial charge on any atom is 0.403 e. The number of nitrogens with zero attached hydrogens (tertiary/aromatic N) is 3. The van der Waals surface area contributed by atoms with Gasteiger partial charge in [-0.25, -0.2) is 0 Å². The summed E-state index contributed by atoms with van der Waals surface area (Å²) < 4.78 is 44.1. The number of ether oxygens (including phenoxy) is 1. The van der Waals surface area contributed by atoms with Crippen LogP contribution >= 0.6 is 0 Å². The molecule has 0 saturated carbocycles. The van der Waals surface area contributed by atoms with Crippen molar-refractivity contribution in [2.24, 2.45) is 4.99 Å². The van der Waals surface area contributed by atoms with Crippen molar-refractivity contribution < 1.29 is 17.9 Å². The Balaban J connectivity index is 1.94. The summed E-state index contributed by atoms with van der Waals surface area (Å²) in [5, 5.41) is 3.25. The Kier molecular flexibility index (Phi) is 7.77. The first-order chi connectivity index (χ1) is 12.9. The first kappa shape index (κ1) is 21.3. The predicted molar refractivity (Wildman–Crippen MR) is 101 cm³/mol. The van der Waals surface area contributed by atoms with Gasteiger partial charge in [-0.2, -0.15) is 13.2 Å². The molecule has 1 atom stereocenters. The second-order valence-corrected chi connectivity index (χ2v) is 6.54. The minimum atomic E-state index is -4.19. The van der Waals surface area contributed by atoms with E-state index in [-0.39, 0.29) is 0 Å². The van der Waals surface area contributed by atoms with Crippen LogP contribution in [0.3, 0.4) is 0 Å². The summed E-state index contributed by atoms with van der Waals surface area (Å²) in [5.41, 5.74) is 1.09. The van der Waals surface area contributed by atoms with Crippen molar-refractivity contribution in [1.82, 2.24) is 15.1 Å². The summed E-state index contributed by atoms with van der Waals surface area (Å²) in [6, 6.07) is 6.42. The molecule has 0 radical (unpaired) electrons. The second kappa shape index (κ2) is 9.82. The molecule has 5 nitrogen and oxygen atoms in total. The Morgan fingerprint density at radius 3 is 2.48 bits per heavy atom. The molecule has 1 aromatic rings. The summed E-state index contributed by atoms with van der Waals surface area (Å²) in [5.74, 6) is 1.60. The molecule has 8 heteroatoms. The van der Waals surface area contributed by atoms with E-state index in [1.54, 1.807) is 7.11 Å². The van der Waals surface area contributed by atoms with Crippen LogP contribution in [0.4, 0.5) is 13.2 Å². The monoisotopic (exact) mass is 386 g/mol. The number of aliphatic imine (C=N–C) groups is 1. The van der Waals surface area contributed by atoms with Crippen LogP contribution < -0.4 is 10.1 Å². The lowest BCUT2D eigenvalue weighted by Gasteiger charge is -2.39. The normalized spacial score (nSPS) is 17.7. The molecule has 1 fully saturated rings. The van der Waals surface area contributed by atoms with E-state index in [0.29, 0.717) is 39.3 Å². The number of rotatable bonds is 6. The first-order valence-electron chi connectivity index (χ1n) is 9.32. The molecule has 1 unspecified atom stereocenters. The van der Waals surface area contributed by atoms with Crippen LogP contribution in [0.15, 0.2) is 29.3 Å². The predicted octanol–water partition coefficient (Wildman–Crippen LogP) is 2.77. The van der Waals surface area contributed by atoms with Gasteiger partial charge in [0.15, 0.2) is 5.96 Å². The number of alkyl halides is 3. The van der Waals surface area contributed by atoms with Crippen LogP contribution in [0.2, 0.25) is 0 Å². The molecule has 0 aliphatic carbocycles. The molecule has 1 heterocycles. The number of nitrogens with one attached hydrogen (secondary N) is 1. The highest BCUT2D eigenvalue weighted by molar-refractivity contribution is 5.80. The molecule has 1 aliphatic heterocycles. The largest absolute Gasteiger partial charge is 0.496 e. The summed E-state index contributed by atoms with van der Waals surface area (Å²) >= 11 is 0. The molecule has 1 N–H and O–H groups in total. The minimum Gasteiger partial charge on any atom is -0.496 e. The van der Waals surface area contributed by atoms with Gasteiger partial charge in [-0.05, 0) is 31.9 Å². The molecule has 0 bridgehead atoms. The van der Waals surface area contributed by atoms with Gasteiger partial charge in [0.05, 0.1) is 7.11 Å². The molecule has 1 saturated heterocycles. The van der Waals surface area contributed by atoms with Gasteiger partial charge < -0.3 is 15.0 Å². The van der Waals surface area contributed by atoms with Crippen LogP contribution in [0.25, 0.3) is 0 Å². The summed E-state index contributed by atoms with van der Waals surface area (Å²) in [4.78, 5) is 8.18. The lowest BCUT2D eigenvalue weighted by molar-refractivity contribution is -0.181. The Hall–Kier alpha value is -1.96. The molecule has 152 valence electrons. The van der Waals surface area contributed by atoms with Crippen LogP contribution in [0, 0.1) is 0 Å². The third kappa shape index (κ3) is 6.02. The minimum absolute atomic E-state index is 0.373. The zero-order chi connectivity index (χ0) is 19.9. The molecule has 2 rings (SSSR count). The molecule has 0 aromatic heterocycles. The van der Waals surface area contributed by atoms with E-state index in [1.165, 1.54) is 11.8 Å². The number of methoxy groups -OCH3 is 1. The number of piperazine rings is 1. The highest BCUT2D eigenvalue weighted by atomic mass is 19.4. The van der Waals surface area contributed by atoms with Gasteiger partial charge in [-0.1, -0.05) is 18.2 Å². The number of guanidine groups is 1. The van der Waals surface area contributed by atoms with E-state index < -0.39 is 12.2 Å². The van der Waals surface area contributed by atoms with Gasteiger partial charge in [0.25, 0.3) is 0 Å². The maximum atomic E-state index is 12.9. The number of halogens is 3. The standard InChI is InChI=1S/C19H29F3N4O/c1-4-23-18(24-10-9-16-7-5-6-8-17(16)27-3)26-13-11-25(12-14-26)15(2)19(20,21)22/h5-8,15H,4,9-14H2,1-3H3,(H,23,24). The smallest absolute Gasteiger partial charge is 0.403 e. The molecular formula is C19H29F3N4O. The van der Waals surface area contributed by atoms with Crippen molar-refractivity contribution in [3.63, 3.8) is 0 Å². The summed E-state index contributed by atoms with van der Waals surface area (Å²) in [6.07, 6.45) is -3.44. The molecule has 1 aliphatic rings. The van der Waals surface area contributed by atoms with Gasteiger partial charge in [0.1, 0.15) is 11.8 Å². The Labute approximate surface area is 159 Å². The Morgan fingerprint density at radius 1 is 1.22 bits per heavy atom. The van der Waals surface area contributed by atoms with Crippen LogP contribution in [-0.4, -0.2) is 74.4 Å². The topological polar surface area (TPSA) is 40.1 Å². The Morgan fingerprint density at radius 2 is 1.89 bits per heavy atom. The van der Waals surface area contributed by atoms with E-state index in [9.17, 15) is 13.2 Å². The fourth-order valence-electron chi connectivity index (χ4n) is 3.15. The number of benzene rings is 1. The Bertz CT molecular complexity index is 613. The fourth-order valence-corrected chi connectivity index (χ4v) is 3.15. The molecular weight excluding hydrogens is 357 g/mol. The quantitative estimate of drug-likeness (QED) is 0.603. The SMILES string of the molecule is CCNC(=NCCc1ccccc1OC)N1CCN(C(C)C(F)(F)F)CC1. The van der Waals surface area contributed by atoms with E-state index >= 15 is 0 Å². The van der Waals surface area contributed by atoms with Crippen molar-refractivity contribution in [3.05, 3.63) is 29.8 Å². The van der Waals surface area contributed by atoms with Gasteiger partial charge in [0, 0.05) is 39.3 Å². The number of hydrogen-bond acceptors (Lipinski definition) is 3. The van der Waals surface area contributed by atoms with E-state index in [4.69, 9.17) is 4.74 Å². The zero-order valence-corrected chi connectivity index (χ0v) is 16.2. The van der Waals surface area contributed by atoms with Crippen molar-refractivity contribution in [2.75, 3.05) is 46.4 Å². The lowest BCUT2D eigenvalue weighted by atomic mass is 10.1. The van der Waals surface area contributed by atoms with Gasteiger partial charge in [-0.3, -0.25) is 9.89 Å². The third-order valence-corrected chi connectivity index (χ3v) is 4.81. The average Bonchev–Trinajstić information content (AvgIpc) is 2.66. The summed E-state index contributed by atoms with van der Waals surface area (Å²) in [7, 11) is 1.65. The van der Waals surface area contributed by atoms with Crippen molar-refractivity contribution in [2.45, 2.75) is 32.5 Å². The fraction of sp³-hybridized carbons (Fsp3) is 0.632. The number of para-hydroxylation sites is 1. The molecule has 0 spiro atoms. The summed E-state index contributed by atoms with van der Waals surface area (Å²) in [6.45, 7) is 6.31. The van der Waals surface area contributed by atoms with Crippen LogP contribution in [-0.2, 0) is 6.42 Å².